The Balaban J connectivity index is 1.45. The quantitative estimate of drug-likeness (QED) is 0.706. The first-order valence-electron chi connectivity index (χ1n) is 11.8. The number of nitrogens with zero attached hydrogens (tertiary/aromatic N) is 3. The Morgan fingerprint density at radius 2 is 1.88 bits per heavy atom. The van der Waals surface area contributed by atoms with E-state index in [0.717, 1.165) is 31.2 Å². The molecule has 1 fully saturated rings. The maximum atomic E-state index is 13.2. The topological polar surface area (TPSA) is 96.3 Å². The lowest BCUT2D eigenvalue weighted by atomic mass is 9.92. The Morgan fingerprint density at radius 3 is 2.58 bits per heavy atom. The number of amides is 3. The summed E-state index contributed by atoms with van der Waals surface area (Å²) in [5.41, 5.74) is 0.576. The first kappa shape index (κ1) is 23.0. The molecule has 3 amide bonds. The predicted molar refractivity (Wildman–Crippen MR) is 125 cm³/mol. The molecule has 33 heavy (non-hydrogen) atoms. The van der Waals surface area contributed by atoms with Crippen LogP contribution in [0.4, 0.5) is 0 Å². The number of hydrogen-bond donors (Lipinski definition) is 2. The van der Waals surface area contributed by atoms with Gasteiger partial charge in [-0.2, -0.15) is 5.10 Å². The molecule has 2 aliphatic rings. The number of aromatic nitrogens is 2. The zero-order valence-electron chi connectivity index (χ0n) is 19.6. The maximum absolute atomic E-state index is 13.2. The molecule has 1 aliphatic heterocycles. The van der Waals surface area contributed by atoms with Gasteiger partial charge in [-0.3, -0.25) is 19.1 Å². The van der Waals surface area contributed by atoms with E-state index in [2.05, 4.69) is 15.7 Å². The average molecular weight is 452 g/mol. The Kier molecular flexibility index (Phi) is 6.54. The van der Waals surface area contributed by atoms with Crippen LogP contribution in [-0.4, -0.2) is 57.6 Å². The number of fused-ring (bicyclic) bond motifs is 1. The molecule has 2 heterocycles. The van der Waals surface area contributed by atoms with Crippen LogP contribution in [0.2, 0.25) is 0 Å². The third-order valence-electron chi connectivity index (χ3n) is 7.10. The summed E-state index contributed by atoms with van der Waals surface area (Å²) in [6.45, 7) is 4.47. The molecule has 1 saturated carbocycles. The van der Waals surface area contributed by atoms with Crippen LogP contribution >= 0.6 is 0 Å². The van der Waals surface area contributed by atoms with E-state index < -0.39 is 5.54 Å². The molecule has 2 atom stereocenters. The Labute approximate surface area is 194 Å². The molecule has 2 N–H and O–H groups in total. The van der Waals surface area contributed by atoms with E-state index in [4.69, 9.17) is 0 Å². The van der Waals surface area contributed by atoms with Crippen molar-refractivity contribution < 1.29 is 14.4 Å². The molecule has 0 saturated heterocycles. The summed E-state index contributed by atoms with van der Waals surface area (Å²) in [4.78, 5) is 40.5. The lowest BCUT2D eigenvalue weighted by Crippen LogP contribution is -2.63. The van der Waals surface area contributed by atoms with E-state index in [0.29, 0.717) is 12.2 Å². The second-order valence-electron chi connectivity index (χ2n) is 9.54. The molecule has 0 bridgehead atoms. The zero-order chi connectivity index (χ0) is 23.6. The van der Waals surface area contributed by atoms with Crippen LogP contribution in [0.25, 0.3) is 0 Å². The number of carbonyl (C=O) groups is 3. The molecule has 0 spiro atoms. The summed E-state index contributed by atoms with van der Waals surface area (Å²) in [5, 5.41) is 10.4. The highest BCUT2D eigenvalue weighted by Gasteiger charge is 2.46. The molecule has 0 radical (unpaired) electrons. The molecule has 8 heteroatoms. The van der Waals surface area contributed by atoms with Gasteiger partial charge in [-0.05, 0) is 31.2 Å². The highest BCUT2D eigenvalue weighted by molar-refractivity contribution is 6.01. The minimum absolute atomic E-state index is 0.145. The van der Waals surface area contributed by atoms with Crippen LogP contribution in [-0.2, 0) is 11.3 Å². The van der Waals surface area contributed by atoms with Crippen LogP contribution in [0.15, 0.2) is 36.4 Å². The molecule has 8 nitrogen and oxygen atoms in total. The highest BCUT2D eigenvalue weighted by atomic mass is 16.2. The van der Waals surface area contributed by atoms with Gasteiger partial charge >= 0.3 is 0 Å². The summed E-state index contributed by atoms with van der Waals surface area (Å²) in [5.74, 6) is -0.670. The number of hydrogen-bond acceptors (Lipinski definition) is 4. The summed E-state index contributed by atoms with van der Waals surface area (Å²) >= 11 is 0. The number of carbonyl (C=O) groups excluding carboxylic acids is 3. The van der Waals surface area contributed by atoms with Crippen LogP contribution in [0.1, 0.15) is 78.4 Å². The fourth-order valence-electron chi connectivity index (χ4n) is 4.66. The van der Waals surface area contributed by atoms with Gasteiger partial charge in [-0.15, -0.1) is 0 Å². The molecule has 4 rings (SSSR count). The van der Waals surface area contributed by atoms with Gasteiger partial charge in [0.25, 0.3) is 11.8 Å². The maximum Gasteiger partial charge on any atom is 0.272 e. The van der Waals surface area contributed by atoms with Crippen molar-refractivity contribution in [2.24, 2.45) is 0 Å². The third kappa shape index (κ3) is 4.65. The number of benzene rings is 1. The third-order valence-corrected chi connectivity index (χ3v) is 7.10. The van der Waals surface area contributed by atoms with E-state index in [1.54, 1.807) is 14.0 Å². The SMILES string of the molecule is C[C@@H](CNC(=O)c1cc2n(n1)C[C@@](C)(C(=O)NC1CCCCC1)N(C)C2=O)c1ccccc1. The summed E-state index contributed by atoms with van der Waals surface area (Å²) in [6, 6.07) is 11.6. The fraction of sp³-hybridized carbons (Fsp3) is 0.520. The lowest BCUT2D eigenvalue weighted by Gasteiger charge is -2.41. The van der Waals surface area contributed by atoms with Gasteiger partial charge in [0.15, 0.2) is 5.69 Å². The molecule has 176 valence electrons. The van der Waals surface area contributed by atoms with E-state index in [9.17, 15) is 14.4 Å². The molecular formula is C25H33N5O3. The summed E-state index contributed by atoms with van der Waals surface area (Å²) in [7, 11) is 1.64. The van der Waals surface area contributed by atoms with Crippen LogP contribution in [0.5, 0.6) is 0 Å². The molecule has 2 aromatic rings. The van der Waals surface area contributed by atoms with E-state index in [1.807, 2.05) is 37.3 Å². The van der Waals surface area contributed by atoms with Crippen LogP contribution < -0.4 is 10.6 Å². The van der Waals surface area contributed by atoms with Crippen molar-refractivity contribution >= 4 is 17.7 Å². The molecular weight excluding hydrogens is 418 g/mol. The van der Waals surface area contributed by atoms with Gasteiger partial charge in [0.1, 0.15) is 11.2 Å². The van der Waals surface area contributed by atoms with E-state index in [1.165, 1.54) is 22.1 Å². The van der Waals surface area contributed by atoms with Crippen molar-refractivity contribution in [1.29, 1.82) is 0 Å². The highest BCUT2D eigenvalue weighted by Crippen LogP contribution is 2.27. The lowest BCUT2D eigenvalue weighted by molar-refractivity contribution is -0.133. The van der Waals surface area contributed by atoms with Crippen LogP contribution in [0.3, 0.4) is 0 Å². The Hall–Kier alpha value is -3.16. The van der Waals surface area contributed by atoms with Gasteiger partial charge < -0.3 is 15.5 Å². The van der Waals surface area contributed by atoms with Crippen molar-refractivity contribution in [3.63, 3.8) is 0 Å². The van der Waals surface area contributed by atoms with Crippen molar-refractivity contribution in [3.8, 4) is 0 Å². The normalized spacial score (nSPS) is 21.9. The largest absolute Gasteiger partial charge is 0.351 e. The van der Waals surface area contributed by atoms with Crippen molar-refractivity contribution in [2.45, 2.75) is 70.0 Å². The molecule has 1 aliphatic carbocycles. The summed E-state index contributed by atoms with van der Waals surface area (Å²) in [6.07, 6.45) is 5.37. The zero-order valence-corrected chi connectivity index (χ0v) is 19.6. The second kappa shape index (κ2) is 9.37. The van der Waals surface area contributed by atoms with Crippen molar-refractivity contribution in [2.75, 3.05) is 13.6 Å². The Bertz CT molecular complexity index is 1030. The monoisotopic (exact) mass is 451 g/mol. The van der Waals surface area contributed by atoms with Gasteiger partial charge in [0.05, 0.1) is 6.54 Å². The predicted octanol–water partition coefficient (Wildman–Crippen LogP) is 2.71. The van der Waals surface area contributed by atoms with Gasteiger partial charge in [0.2, 0.25) is 5.91 Å². The first-order valence-corrected chi connectivity index (χ1v) is 11.8. The number of likely N-dealkylation sites (N-methyl/N-ethyl adjacent to an activating group) is 1. The number of nitrogens with one attached hydrogen (secondary N) is 2. The average Bonchev–Trinajstić information content (AvgIpc) is 3.26. The van der Waals surface area contributed by atoms with Gasteiger partial charge in [-0.1, -0.05) is 56.5 Å². The van der Waals surface area contributed by atoms with Crippen molar-refractivity contribution in [3.05, 3.63) is 53.3 Å². The van der Waals surface area contributed by atoms with Crippen molar-refractivity contribution in [1.82, 2.24) is 25.3 Å². The smallest absolute Gasteiger partial charge is 0.272 e. The standard InChI is InChI=1S/C25H33N5O3/c1-17(18-10-6-4-7-11-18)15-26-22(31)20-14-21-23(32)29(3)25(2,16-30(21)28-20)24(33)27-19-12-8-5-9-13-19/h4,6-7,10-11,14,17,19H,5,8-9,12-13,15-16H2,1-3H3,(H,26,31)(H,27,33)/t17-,25-/m0/s1. The van der Waals surface area contributed by atoms with Gasteiger partial charge in [0, 0.05) is 25.7 Å². The number of rotatable bonds is 6. The van der Waals surface area contributed by atoms with E-state index in [-0.39, 0.29) is 41.9 Å². The molecule has 0 unspecified atom stereocenters. The minimum Gasteiger partial charge on any atom is -0.351 e. The van der Waals surface area contributed by atoms with E-state index >= 15 is 0 Å². The van der Waals surface area contributed by atoms with Crippen LogP contribution in [0, 0.1) is 0 Å². The van der Waals surface area contributed by atoms with Gasteiger partial charge in [-0.25, -0.2) is 0 Å². The minimum atomic E-state index is -1.07. The summed E-state index contributed by atoms with van der Waals surface area (Å²) < 4.78 is 1.50. The molecule has 1 aromatic carbocycles. The fourth-order valence-corrected chi connectivity index (χ4v) is 4.66. The second-order valence-corrected chi connectivity index (χ2v) is 9.54. The Morgan fingerprint density at radius 1 is 1.18 bits per heavy atom. The molecule has 1 aromatic heterocycles. The first-order chi connectivity index (χ1) is 15.8.